The lowest BCUT2D eigenvalue weighted by Gasteiger charge is -2.11. The van der Waals surface area contributed by atoms with E-state index >= 15 is 0 Å². The van der Waals surface area contributed by atoms with Crippen LogP contribution in [0.4, 0.5) is 5.69 Å². The molecule has 0 saturated heterocycles. The summed E-state index contributed by atoms with van der Waals surface area (Å²) in [5, 5.41) is 8.01. The van der Waals surface area contributed by atoms with Gasteiger partial charge in [-0.25, -0.2) is 4.68 Å². The van der Waals surface area contributed by atoms with E-state index in [4.69, 9.17) is 16.7 Å². The van der Waals surface area contributed by atoms with Gasteiger partial charge in [-0.3, -0.25) is 9.59 Å². The van der Waals surface area contributed by atoms with Crippen molar-refractivity contribution in [1.29, 1.82) is 0 Å². The van der Waals surface area contributed by atoms with E-state index < -0.39 is 0 Å². The maximum Gasteiger partial charge on any atom is 0.259 e. The molecule has 1 amide bonds. The molecule has 5 aromatic rings. The largest absolute Gasteiger partial charge is 0.321 e. The first-order valence-corrected chi connectivity index (χ1v) is 11.4. The van der Waals surface area contributed by atoms with Crippen molar-refractivity contribution in [3.8, 4) is 16.9 Å². The number of halogens is 1. The first kappa shape index (κ1) is 22.3. The first-order valence-electron chi connectivity index (χ1n) is 11.0. The third kappa shape index (κ3) is 4.76. The molecule has 0 saturated carbocycles. The number of carbonyl (C=O) groups excluding carboxylic acids is 2. The fraction of sp³-hybridized carbons (Fsp3) is 0. The Hall–Kier alpha value is -4.48. The Morgan fingerprint density at radius 1 is 0.743 bits per heavy atom. The topological polar surface area (TPSA) is 64.0 Å². The lowest BCUT2D eigenvalue weighted by Crippen LogP contribution is -2.15. The molecule has 0 radical (unpaired) electrons. The molecule has 1 aromatic heterocycles. The highest BCUT2D eigenvalue weighted by molar-refractivity contribution is 6.31. The van der Waals surface area contributed by atoms with E-state index in [1.807, 2.05) is 66.7 Å². The lowest BCUT2D eigenvalue weighted by molar-refractivity contribution is 0.102. The van der Waals surface area contributed by atoms with Gasteiger partial charge >= 0.3 is 0 Å². The van der Waals surface area contributed by atoms with E-state index in [-0.39, 0.29) is 11.7 Å². The molecular formula is C29H20ClN3O2. The van der Waals surface area contributed by atoms with Crippen LogP contribution < -0.4 is 5.32 Å². The standard InChI is InChI=1S/C29H20ClN3O2/c30-22-16-17-26(24(18-22)28(34)21-12-6-2-7-13-21)31-29(35)25-19-33(23-14-8-3-9-15-23)32-27(25)20-10-4-1-5-11-20/h1-19H,(H,31,35). The maximum atomic E-state index is 13.5. The Kier molecular flexibility index (Phi) is 6.24. The van der Waals surface area contributed by atoms with E-state index in [1.165, 1.54) is 0 Å². The van der Waals surface area contributed by atoms with Crippen LogP contribution in [0.25, 0.3) is 16.9 Å². The second-order valence-electron chi connectivity index (χ2n) is 7.88. The Balaban J connectivity index is 1.54. The van der Waals surface area contributed by atoms with Crippen molar-refractivity contribution in [1.82, 2.24) is 9.78 Å². The van der Waals surface area contributed by atoms with Gasteiger partial charge in [-0.2, -0.15) is 5.10 Å². The highest BCUT2D eigenvalue weighted by Gasteiger charge is 2.21. The van der Waals surface area contributed by atoms with Gasteiger partial charge in [0.15, 0.2) is 5.78 Å². The van der Waals surface area contributed by atoms with Crippen molar-refractivity contribution in [2.75, 3.05) is 5.32 Å². The number of carbonyl (C=O) groups is 2. The number of para-hydroxylation sites is 1. The van der Waals surface area contributed by atoms with Crippen LogP contribution >= 0.6 is 11.6 Å². The SMILES string of the molecule is O=C(c1ccccc1)c1cc(Cl)ccc1NC(=O)c1cn(-c2ccccc2)nc1-c1ccccc1. The van der Waals surface area contributed by atoms with Crippen molar-refractivity contribution in [3.05, 3.63) is 137 Å². The minimum atomic E-state index is -0.379. The Morgan fingerprint density at radius 3 is 2.06 bits per heavy atom. The average molecular weight is 478 g/mol. The van der Waals surface area contributed by atoms with Gasteiger partial charge in [-0.1, -0.05) is 90.5 Å². The summed E-state index contributed by atoms with van der Waals surface area (Å²) in [6, 6.07) is 32.8. The molecule has 0 atom stereocenters. The van der Waals surface area contributed by atoms with Crippen LogP contribution in [0.3, 0.4) is 0 Å². The molecule has 0 fully saturated rings. The molecule has 35 heavy (non-hydrogen) atoms. The number of anilines is 1. The molecule has 5 nitrogen and oxygen atoms in total. The quantitative estimate of drug-likeness (QED) is 0.277. The molecule has 0 aliphatic carbocycles. The van der Waals surface area contributed by atoms with Crippen LogP contribution in [0, 0.1) is 0 Å². The number of nitrogens with one attached hydrogen (secondary N) is 1. The van der Waals surface area contributed by atoms with Gasteiger partial charge in [0.05, 0.1) is 16.9 Å². The summed E-state index contributed by atoms with van der Waals surface area (Å²) in [5.74, 6) is -0.609. The number of hydrogen-bond donors (Lipinski definition) is 1. The fourth-order valence-electron chi connectivity index (χ4n) is 3.81. The predicted molar refractivity (Wildman–Crippen MR) is 138 cm³/mol. The molecule has 170 valence electrons. The zero-order chi connectivity index (χ0) is 24.2. The fourth-order valence-corrected chi connectivity index (χ4v) is 3.98. The number of nitrogens with zero attached hydrogens (tertiary/aromatic N) is 2. The Bertz CT molecular complexity index is 1500. The van der Waals surface area contributed by atoms with Gasteiger partial charge in [0, 0.05) is 27.9 Å². The second kappa shape index (κ2) is 9.79. The van der Waals surface area contributed by atoms with Gasteiger partial charge in [-0.15, -0.1) is 0 Å². The van der Waals surface area contributed by atoms with Crippen LogP contribution in [-0.4, -0.2) is 21.5 Å². The lowest BCUT2D eigenvalue weighted by atomic mass is 10.0. The minimum absolute atomic E-state index is 0.230. The summed E-state index contributed by atoms with van der Waals surface area (Å²) in [5.41, 5.74) is 3.75. The van der Waals surface area contributed by atoms with Crippen LogP contribution in [0.1, 0.15) is 26.3 Å². The molecule has 4 aromatic carbocycles. The molecule has 5 rings (SSSR count). The number of amides is 1. The van der Waals surface area contributed by atoms with E-state index in [0.717, 1.165) is 11.3 Å². The summed E-state index contributed by atoms with van der Waals surface area (Å²) in [6.45, 7) is 0. The molecular weight excluding hydrogens is 458 g/mol. The van der Waals surface area contributed by atoms with Crippen LogP contribution in [0.2, 0.25) is 5.02 Å². The zero-order valence-electron chi connectivity index (χ0n) is 18.6. The molecule has 1 heterocycles. The van der Waals surface area contributed by atoms with Gasteiger partial charge in [0.2, 0.25) is 0 Å². The maximum absolute atomic E-state index is 13.5. The highest BCUT2D eigenvalue weighted by Crippen LogP contribution is 2.27. The third-order valence-electron chi connectivity index (χ3n) is 5.54. The van der Waals surface area contributed by atoms with Gasteiger partial charge in [0.25, 0.3) is 5.91 Å². The molecule has 0 unspecified atom stereocenters. The van der Waals surface area contributed by atoms with Crippen molar-refractivity contribution in [2.24, 2.45) is 0 Å². The monoisotopic (exact) mass is 477 g/mol. The number of rotatable bonds is 6. The van der Waals surface area contributed by atoms with E-state index in [2.05, 4.69) is 5.32 Å². The third-order valence-corrected chi connectivity index (χ3v) is 5.77. The van der Waals surface area contributed by atoms with Gasteiger partial charge in [-0.05, 0) is 30.3 Å². The molecule has 0 bridgehead atoms. The molecule has 0 aliphatic heterocycles. The van der Waals surface area contributed by atoms with Crippen LogP contribution in [-0.2, 0) is 0 Å². The Labute approximate surface area is 207 Å². The van der Waals surface area contributed by atoms with Crippen molar-refractivity contribution >= 4 is 29.0 Å². The number of hydrogen-bond acceptors (Lipinski definition) is 3. The number of ketones is 1. The summed E-state index contributed by atoms with van der Waals surface area (Å²) in [4.78, 5) is 26.7. The second-order valence-corrected chi connectivity index (χ2v) is 8.31. The molecule has 6 heteroatoms. The molecule has 0 spiro atoms. The summed E-state index contributed by atoms with van der Waals surface area (Å²) >= 11 is 6.20. The molecule has 1 N–H and O–H groups in total. The average Bonchev–Trinajstić information content (AvgIpc) is 3.37. The van der Waals surface area contributed by atoms with Crippen molar-refractivity contribution < 1.29 is 9.59 Å². The predicted octanol–water partition coefficient (Wildman–Crippen LogP) is 6.68. The van der Waals surface area contributed by atoms with E-state index in [1.54, 1.807) is 53.3 Å². The summed E-state index contributed by atoms with van der Waals surface area (Å²) in [6.07, 6.45) is 1.70. The summed E-state index contributed by atoms with van der Waals surface area (Å²) < 4.78 is 1.68. The van der Waals surface area contributed by atoms with Crippen LogP contribution in [0.5, 0.6) is 0 Å². The van der Waals surface area contributed by atoms with E-state index in [9.17, 15) is 9.59 Å². The van der Waals surface area contributed by atoms with Gasteiger partial charge in [0.1, 0.15) is 5.69 Å². The normalized spacial score (nSPS) is 10.7. The van der Waals surface area contributed by atoms with Crippen molar-refractivity contribution in [2.45, 2.75) is 0 Å². The number of aromatic nitrogens is 2. The van der Waals surface area contributed by atoms with Crippen molar-refractivity contribution in [3.63, 3.8) is 0 Å². The first-order chi connectivity index (χ1) is 17.1. The van der Waals surface area contributed by atoms with Gasteiger partial charge < -0.3 is 5.32 Å². The summed E-state index contributed by atoms with van der Waals surface area (Å²) in [7, 11) is 0. The van der Waals surface area contributed by atoms with Crippen LogP contribution in [0.15, 0.2) is 115 Å². The smallest absolute Gasteiger partial charge is 0.259 e. The highest BCUT2D eigenvalue weighted by atomic mass is 35.5. The van der Waals surface area contributed by atoms with E-state index in [0.29, 0.717) is 33.1 Å². The Morgan fingerprint density at radius 2 is 1.37 bits per heavy atom. The zero-order valence-corrected chi connectivity index (χ0v) is 19.3. The minimum Gasteiger partial charge on any atom is -0.321 e. The number of benzene rings is 4. The molecule has 0 aliphatic rings.